The highest BCUT2D eigenvalue weighted by atomic mass is 79.9. The maximum atomic E-state index is 12.5. The first-order valence-electron chi connectivity index (χ1n) is 13.3. The molecule has 2 heterocycles. The van der Waals surface area contributed by atoms with Crippen molar-refractivity contribution in [3.8, 4) is 5.75 Å². The zero-order valence-electron chi connectivity index (χ0n) is 21.4. The van der Waals surface area contributed by atoms with Gasteiger partial charge in [-0.15, -0.1) is 0 Å². The predicted molar refractivity (Wildman–Crippen MR) is 135 cm³/mol. The third kappa shape index (κ3) is 10.1. The van der Waals surface area contributed by atoms with E-state index in [1.165, 1.54) is 51.4 Å². The highest BCUT2D eigenvalue weighted by Gasteiger charge is 2.21. The normalized spacial score (nSPS) is 14.1. The Morgan fingerprint density at radius 2 is 1.66 bits per heavy atom. The second-order valence-electron chi connectivity index (χ2n) is 9.44. The molecule has 0 saturated carbocycles. The topological polar surface area (TPSA) is 62.9 Å². The summed E-state index contributed by atoms with van der Waals surface area (Å²) in [5, 5.41) is 11.9. The molecule has 0 radical (unpaired) electrons. The molecule has 1 aromatic carbocycles. The number of phenols is 1. The fourth-order valence-electron chi connectivity index (χ4n) is 4.62. The fourth-order valence-corrected chi connectivity index (χ4v) is 4.62. The molecule has 0 amide bonds. The van der Waals surface area contributed by atoms with E-state index in [0.29, 0.717) is 18.7 Å². The molecule has 1 N–H and O–H groups in total. The van der Waals surface area contributed by atoms with Crippen molar-refractivity contribution in [3.05, 3.63) is 36.0 Å². The molecule has 0 spiro atoms. The van der Waals surface area contributed by atoms with E-state index < -0.39 is 0 Å². The summed E-state index contributed by atoms with van der Waals surface area (Å²) in [6.07, 6.45) is 14.4. The van der Waals surface area contributed by atoms with E-state index in [0.717, 1.165) is 50.1 Å². The predicted octanol–water partition coefficient (Wildman–Crippen LogP) is 2.13. The van der Waals surface area contributed by atoms with Crippen LogP contribution in [0.5, 0.6) is 5.75 Å². The molecule has 0 unspecified atom stereocenters. The molecule has 3 rings (SSSR count). The van der Waals surface area contributed by atoms with E-state index in [-0.39, 0.29) is 35.2 Å². The lowest BCUT2D eigenvalue weighted by molar-refractivity contribution is -0.660. The van der Waals surface area contributed by atoms with Gasteiger partial charge in [0.1, 0.15) is 0 Å². The first-order chi connectivity index (χ1) is 16.7. The number of hydrogen-bond donors (Lipinski definition) is 1. The molecule has 1 aliphatic rings. The maximum Gasteiger partial charge on any atom is 0.372 e. The second kappa shape index (κ2) is 16.9. The van der Waals surface area contributed by atoms with Gasteiger partial charge in [0, 0.05) is 31.3 Å². The van der Waals surface area contributed by atoms with Crippen LogP contribution in [0.15, 0.2) is 30.5 Å². The molecule has 0 atom stereocenters. The van der Waals surface area contributed by atoms with E-state index >= 15 is 0 Å². The molecule has 1 saturated heterocycles. The fraction of sp³-hybridized carbons (Fsp3) is 0.643. The van der Waals surface area contributed by atoms with Crippen molar-refractivity contribution in [1.82, 2.24) is 4.90 Å². The Kier molecular flexibility index (Phi) is 14.2. The number of nitrogens with zero attached hydrogens (tertiary/aromatic N) is 2. The summed E-state index contributed by atoms with van der Waals surface area (Å²) in [5.41, 5.74) is 1.55. The summed E-state index contributed by atoms with van der Waals surface area (Å²) in [6, 6.07) is 7.84. The van der Waals surface area contributed by atoms with Crippen LogP contribution in [-0.2, 0) is 27.4 Å². The third-order valence-corrected chi connectivity index (χ3v) is 6.65. The van der Waals surface area contributed by atoms with Crippen LogP contribution in [-0.4, -0.2) is 48.9 Å². The molecule has 1 fully saturated rings. The van der Waals surface area contributed by atoms with Gasteiger partial charge in [0.2, 0.25) is 6.54 Å². The van der Waals surface area contributed by atoms with Gasteiger partial charge in [0.15, 0.2) is 11.9 Å². The number of aromatic nitrogens is 1. The number of pyridine rings is 1. The lowest BCUT2D eigenvalue weighted by atomic mass is 10.1. The van der Waals surface area contributed by atoms with Crippen molar-refractivity contribution < 1.29 is 40.9 Å². The molecule has 196 valence electrons. The lowest BCUT2D eigenvalue weighted by Crippen LogP contribution is -3.00. The number of unbranched alkanes of at least 4 members (excludes halogenated alkanes) is 9. The van der Waals surface area contributed by atoms with Crippen molar-refractivity contribution >= 4 is 16.9 Å². The number of benzene rings is 1. The number of rotatable bonds is 15. The van der Waals surface area contributed by atoms with Gasteiger partial charge in [-0.05, 0) is 18.6 Å². The van der Waals surface area contributed by atoms with Crippen molar-refractivity contribution in [2.75, 3.05) is 32.9 Å². The molecule has 1 aromatic heterocycles. The zero-order valence-corrected chi connectivity index (χ0v) is 22.9. The van der Waals surface area contributed by atoms with E-state index in [2.05, 4.69) is 11.8 Å². The number of carbonyl (C=O) groups is 1. The van der Waals surface area contributed by atoms with Crippen molar-refractivity contribution in [2.24, 2.45) is 0 Å². The summed E-state index contributed by atoms with van der Waals surface area (Å²) in [6.45, 7) is 6.65. The first-order valence-corrected chi connectivity index (χ1v) is 13.3. The third-order valence-electron chi connectivity index (χ3n) is 6.65. The van der Waals surface area contributed by atoms with Gasteiger partial charge < -0.3 is 31.6 Å². The number of fused-ring (bicyclic) bond motifs is 1. The van der Waals surface area contributed by atoms with Gasteiger partial charge in [0.05, 0.1) is 25.2 Å². The maximum absolute atomic E-state index is 12.5. The van der Waals surface area contributed by atoms with E-state index in [4.69, 9.17) is 9.47 Å². The molecular weight excluding hydrogens is 508 g/mol. The number of phenolic OH excluding ortho intramolecular Hbond substituents is 1. The van der Waals surface area contributed by atoms with Crippen LogP contribution in [0.4, 0.5) is 0 Å². The van der Waals surface area contributed by atoms with E-state index in [1.54, 1.807) is 4.57 Å². The molecule has 0 bridgehead atoms. The largest absolute Gasteiger partial charge is 1.00 e. The van der Waals surface area contributed by atoms with Gasteiger partial charge in [-0.2, -0.15) is 4.57 Å². The Morgan fingerprint density at radius 3 is 2.34 bits per heavy atom. The van der Waals surface area contributed by atoms with Gasteiger partial charge in [-0.3, -0.25) is 4.90 Å². The van der Waals surface area contributed by atoms with Crippen molar-refractivity contribution in [3.63, 3.8) is 0 Å². The number of aromatic hydroxyl groups is 1. The average molecular weight is 552 g/mol. The summed E-state index contributed by atoms with van der Waals surface area (Å²) >= 11 is 0. The first kappa shape index (κ1) is 29.5. The van der Waals surface area contributed by atoms with E-state index in [9.17, 15) is 9.90 Å². The van der Waals surface area contributed by atoms with Gasteiger partial charge in [0.25, 0.3) is 5.52 Å². The Bertz CT molecular complexity index is 887. The van der Waals surface area contributed by atoms with Crippen molar-refractivity contribution in [2.45, 2.75) is 84.2 Å². The highest BCUT2D eigenvalue weighted by molar-refractivity contribution is 5.83. The van der Waals surface area contributed by atoms with E-state index in [1.807, 2.05) is 30.5 Å². The smallest absolute Gasteiger partial charge is 0.372 e. The summed E-state index contributed by atoms with van der Waals surface area (Å²) < 4.78 is 12.7. The Morgan fingerprint density at radius 1 is 1.00 bits per heavy atom. The molecule has 1 aliphatic heterocycles. The van der Waals surface area contributed by atoms with Crippen LogP contribution in [0, 0.1) is 0 Å². The second-order valence-corrected chi connectivity index (χ2v) is 9.44. The number of carbonyl (C=O) groups excluding carboxylic acids is 1. The van der Waals surface area contributed by atoms with Crippen LogP contribution in [0.2, 0.25) is 0 Å². The van der Waals surface area contributed by atoms with Gasteiger partial charge in [-0.1, -0.05) is 70.8 Å². The Balaban J connectivity index is 0.00000432. The molecular formula is C28H43BrN2O4. The molecule has 7 heteroatoms. The van der Waals surface area contributed by atoms with Gasteiger partial charge >= 0.3 is 5.97 Å². The van der Waals surface area contributed by atoms with Crippen molar-refractivity contribution in [1.29, 1.82) is 0 Å². The average Bonchev–Trinajstić information content (AvgIpc) is 2.85. The van der Waals surface area contributed by atoms with Crippen LogP contribution >= 0.6 is 0 Å². The molecule has 6 nitrogen and oxygen atoms in total. The van der Waals surface area contributed by atoms with Crippen LogP contribution in [0.3, 0.4) is 0 Å². The number of ether oxygens (including phenoxy) is 2. The summed E-state index contributed by atoms with van der Waals surface area (Å²) in [5.74, 6) is -0.0153. The summed E-state index contributed by atoms with van der Waals surface area (Å²) in [7, 11) is 0. The molecule has 35 heavy (non-hydrogen) atoms. The minimum absolute atomic E-state index is 0. The highest BCUT2D eigenvalue weighted by Crippen LogP contribution is 2.27. The monoisotopic (exact) mass is 550 g/mol. The zero-order chi connectivity index (χ0) is 24.0. The molecule has 0 aliphatic carbocycles. The number of morpholine rings is 1. The number of esters is 1. The quantitative estimate of drug-likeness (QED) is 0.209. The minimum atomic E-state index is -0.258. The van der Waals surface area contributed by atoms with Crippen LogP contribution in [0.25, 0.3) is 10.9 Å². The standard InChI is InChI=1S/C28H42N2O4.BrH/c1-2-3-4-5-6-7-8-9-10-11-19-34-26(31)23-30-16-12-13-24-14-15-25(28(32)27(24)30)22-29-17-20-33-21-18-29;/h12-16H,2-11,17-23H2,1H3;1H. The minimum Gasteiger partial charge on any atom is -1.00 e. The molecule has 2 aromatic rings. The lowest BCUT2D eigenvalue weighted by Gasteiger charge is -2.26. The number of halogens is 1. The Hall–Kier alpha value is -1.70. The SMILES string of the molecule is CCCCCCCCCCCCOC(=O)C[n+]1cccc2ccc(CN3CCOCC3)c(O)c21.[Br-]. The van der Waals surface area contributed by atoms with Gasteiger partial charge in [-0.25, -0.2) is 4.79 Å². The number of hydrogen-bond acceptors (Lipinski definition) is 5. The van der Waals surface area contributed by atoms with Crippen LogP contribution < -0.4 is 21.5 Å². The van der Waals surface area contributed by atoms with Crippen LogP contribution in [0.1, 0.15) is 76.7 Å². The summed E-state index contributed by atoms with van der Waals surface area (Å²) in [4.78, 5) is 14.8. The Labute approximate surface area is 221 Å².